The molecule has 0 amide bonds. The van der Waals surface area contributed by atoms with Gasteiger partial charge in [-0.15, -0.1) is 0 Å². The highest BCUT2D eigenvalue weighted by atomic mass is 35.5. The summed E-state index contributed by atoms with van der Waals surface area (Å²) >= 11 is 7.81. The minimum Gasteiger partial charge on any atom is -0.338 e. The molecule has 112 valence electrons. The fourth-order valence-electron chi connectivity index (χ4n) is 2.27. The number of halogens is 1. The van der Waals surface area contributed by atoms with Gasteiger partial charge in [-0.05, 0) is 6.42 Å². The van der Waals surface area contributed by atoms with Crippen molar-refractivity contribution in [3.8, 4) is 0 Å². The molecule has 0 aromatic carbocycles. The topological polar surface area (TPSA) is 63.2 Å². The molecule has 1 aliphatic heterocycles. The Labute approximate surface area is 129 Å². The first-order chi connectivity index (χ1) is 9.45. The van der Waals surface area contributed by atoms with E-state index in [4.69, 9.17) is 11.6 Å². The van der Waals surface area contributed by atoms with Gasteiger partial charge in [-0.3, -0.25) is 0 Å². The lowest BCUT2D eigenvalue weighted by Crippen LogP contribution is -2.47. The van der Waals surface area contributed by atoms with Crippen LogP contribution >= 0.6 is 23.4 Å². The molecule has 1 atom stereocenters. The number of anilines is 1. The summed E-state index contributed by atoms with van der Waals surface area (Å²) in [5, 5.41) is -0.120. The van der Waals surface area contributed by atoms with Gasteiger partial charge in [0.25, 0.3) is 0 Å². The Kier molecular flexibility index (Phi) is 5.14. The van der Waals surface area contributed by atoms with Crippen LogP contribution in [0.4, 0.5) is 5.82 Å². The van der Waals surface area contributed by atoms with Gasteiger partial charge in [-0.25, -0.2) is 18.4 Å². The van der Waals surface area contributed by atoms with E-state index in [0.717, 1.165) is 24.2 Å². The van der Waals surface area contributed by atoms with E-state index < -0.39 is 15.2 Å². The van der Waals surface area contributed by atoms with Crippen LogP contribution < -0.4 is 4.90 Å². The smallest absolute Gasteiger partial charge is 0.169 e. The maximum absolute atomic E-state index is 12.0. The normalized spacial score (nSPS) is 20.1. The van der Waals surface area contributed by atoms with Gasteiger partial charge in [0.05, 0.1) is 0 Å². The highest BCUT2D eigenvalue weighted by molar-refractivity contribution is 8.01. The van der Waals surface area contributed by atoms with Crippen molar-refractivity contribution in [3.05, 3.63) is 17.0 Å². The first kappa shape index (κ1) is 15.9. The van der Waals surface area contributed by atoms with Gasteiger partial charge in [-0.2, -0.15) is 11.8 Å². The van der Waals surface area contributed by atoms with Crippen LogP contribution in [0.5, 0.6) is 0 Å². The Morgan fingerprint density at radius 1 is 1.50 bits per heavy atom. The molecule has 1 aromatic heterocycles. The summed E-state index contributed by atoms with van der Waals surface area (Å²) in [4.78, 5) is 10.2. The van der Waals surface area contributed by atoms with Crippen LogP contribution in [-0.2, 0) is 16.3 Å². The summed E-state index contributed by atoms with van der Waals surface area (Å²) in [6.07, 6.45) is 4.33. The van der Waals surface area contributed by atoms with Crippen molar-refractivity contribution in [2.45, 2.75) is 25.1 Å². The van der Waals surface area contributed by atoms with Crippen molar-refractivity contribution in [2.75, 3.05) is 29.2 Å². The predicted octanol–water partition coefficient (Wildman–Crippen LogP) is 2.01. The monoisotopic (exact) mass is 335 g/mol. The number of thioether (sulfide) groups is 1. The predicted molar refractivity (Wildman–Crippen MR) is 84.3 cm³/mol. The molecule has 0 spiro atoms. The van der Waals surface area contributed by atoms with Gasteiger partial charge in [0, 0.05) is 29.9 Å². The van der Waals surface area contributed by atoms with Crippen LogP contribution in [0.3, 0.4) is 0 Å². The zero-order chi connectivity index (χ0) is 14.8. The fourth-order valence-corrected chi connectivity index (χ4v) is 5.31. The van der Waals surface area contributed by atoms with Crippen molar-refractivity contribution >= 4 is 39.0 Å². The van der Waals surface area contributed by atoms with Crippen molar-refractivity contribution in [3.63, 3.8) is 0 Å². The van der Waals surface area contributed by atoms with E-state index >= 15 is 0 Å². The molecule has 0 bridgehead atoms. The molecule has 1 saturated heterocycles. The molecule has 1 unspecified atom stereocenters. The number of aromatic nitrogens is 2. The Balaban J connectivity index is 2.45. The van der Waals surface area contributed by atoms with E-state index in [-0.39, 0.29) is 0 Å². The molecule has 0 N–H and O–H groups in total. The average Bonchev–Trinajstić information content (AvgIpc) is 2.40. The van der Waals surface area contributed by atoms with E-state index in [1.165, 1.54) is 12.6 Å². The van der Waals surface area contributed by atoms with Crippen LogP contribution in [0.15, 0.2) is 6.33 Å². The molecular formula is C12H18ClN3O2S2. The van der Waals surface area contributed by atoms with Gasteiger partial charge in [0.1, 0.15) is 22.7 Å². The quantitative estimate of drug-likeness (QED) is 0.784. The number of nitrogens with zero attached hydrogens (tertiary/aromatic N) is 3. The Bertz CT molecular complexity index is 580. The molecule has 1 fully saturated rings. The molecule has 8 heteroatoms. The van der Waals surface area contributed by atoms with Gasteiger partial charge in [0.15, 0.2) is 9.84 Å². The Morgan fingerprint density at radius 3 is 2.90 bits per heavy atom. The number of sulfone groups is 1. The third-order valence-electron chi connectivity index (χ3n) is 3.22. The van der Waals surface area contributed by atoms with Crippen LogP contribution in [0.1, 0.15) is 18.9 Å². The van der Waals surface area contributed by atoms with Gasteiger partial charge in [-0.1, -0.05) is 24.9 Å². The van der Waals surface area contributed by atoms with E-state index in [1.807, 2.05) is 11.8 Å². The van der Waals surface area contributed by atoms with Gasteiger partial charge < -0.3 is 4.90 Å². The molecular weight excluding hydrogens is 318 g/mol. The molecule has 5 nitrogen and oxygen atoms in total. The van der Waals surface area contributed by atoms with E-state index in [9.17, 15) is 8.42 Å². The Morgan fingerprint density at radius 2 is 2.25 bits per heavy atom. The lowest BCUT2D eigenvalue weighted by atomic mass is 10.1. The van der Waals surface area contributed by atoms with Crippen LogP contribution in [0.2, 0.25) is 5.15 Å². The molecule has 2 rings (SSSR count). The van der Waals surface area contributed by atoms with E-state index in [1.54, 1.807) is 11.8 Å². The highest BCUT2D eigenvalue weighted by Crippen LogP contribution is 2.30. The maximum Gasteiger partial charge on any atom is 0.169 e. The zero-order valence-electron chi connectivity index (χ0n) is 11.5. The number of rotatable bonds is 4. The first-order valence-corrected chi connectivity index (χ1v) is 9.96. The SMILES string of the molecule is CCCc1c(Cl)ncnc1N1CCSCC1S(C)(=O)=O. The first-order valence-electron chi connectivity index (χ1n) is 6.47. The average molecular weight is 336 g/mol. The zero-order valence-corrected chi connectivity index (χ0v) is 13.9. The van der Waals surface area contributed by atoms with Crippen molar-refractivity contribution in [1.82, 2.24) is 9.97 Å². The van der Waals surface area contributed by atoms with Crippen LogP contribution in [0.25, 0.3) is 0 Å². The highest BCUT2D eigenvalue weighted by Gasteiger charge is 2.33. The number of hydrogen-bond donors (Lipinski definition) is 0. The second-order valence-electron chi connectivity index (χ2n) is 4.77. The van der Waals surface area contributed by atoms with Gasteiger partial charge in [0.2, 0.25) is 0 Å². The maximum atomic E-state index is 12.0. The minimum absolute atomic E-state index is 0.419. The lowest BCUT2D eigenvalue weighted by molar-refractivity contribution is 0.583. The minimum atomic E-state index is -3.17. The molecule has 0 radical (unpaired) electrons. The van der Waals surface area contributed by atoms with Crippen LogP contribution in [-0.4, -0.2) is 48.1 Å². The summed E-state index contributed by atoms with van der Waals surface area (Å²) < 4.78 is 24.0. The van der Waals surface area contributed by atoms with E-state index in [2.05, 4.69) is 9.97 Å². The largest absolute Gasteiger partial charge is 0.338 e. The number of hydrogen-bond acceptors (Lipinski definition) is 6. The lowest BCUT2D eigenvalue weighted by Gasteiger charge is -2.36. The van der Waals surface area contributed by atoms with Crippen molar-refractivity contribution in [2.24, 2.45) is 0 Å². The standard InChI is InChI=1S/C12H18ClN3O2S2/c1-3-4-9-11(13)14-8-15-12(9)16-5-6-19-7-10(16)20(2,17)18/h8,10H,3-7H2,1-2H3. The second-order valence-corrected chi connectivity index (χ2v) is 8.48. The van der Waals surface area contributed by atoms with E-state index in [0.29, 0.717) is 23.3 Å². The molecule has 0 aliphatic carbocycles. The third kappa shape index (κ3) is 3.38. The van der Waals surface area contributed by atoms with Crippen LogP contribution in [0, 0.1) is 0 Å². The van der Waals surface area contributed by atoms with Crippen molar-refractivity contribution in [1.29, 1.82) is 0 Å². The molecule has 1 aliphatic rings. The second kappa shape index (κ2) is 6.49. The van der Waals surface area contributed by atoms with Gasteiger partial charge >= 0.3 is 0 Å². The fraction of sp³-hybridized carbons (Fsp3) is 0.667. The third-order valence-corrected chi connectivity index (χ3v) is 6.19. The van der Waals surface area contributed by atoms with Crippen molar-refractivity contribution < 1.29 is 8.42 Å². The summed E-state index contributed by atoms with van der Waals surface area (Å²) in [6, 6.07) is 0. The molecule has 2 heterocycles. The summed E-state index contributed by atoms with van der Waals surface area (Å²) in [7, 11) is -3.17. The molecule has 1 aromatic rings. The molecule has 0 saturated carbocycles. The molecule has 20 heavy (non-hydrogen) atoms. The summed E-state index contributed by atoms with van der Waals surface area (Å²) in [6.45, 7) is 2.71. The Hall–Kier alpha value is -0.530. The summed E-state index contributed by atoms with van der Waals surface area (Å²) in [5.74, 6) is 2.12. The summed E-state index contributed by atoms with van der Waals surface area (Å²) in [5.41, 5.74) is 0.845.